The van der Waals surface area contributed by atoms with Crippen molar-refractivity contribution in [2.45, 2.75) is 32.2 Å². The smallest absolute Gasteiger partial charge is 0.223 e. The van der Waals surface area contributed by atoms with E-state index in [1.165, 1.54) is 0 Å². The second-order valence-electron chi connectivity index (χ2n) is 3.07. The van der Waals surface area contributed by atoms with Crippen molar-refractivity contribution in [3.63, 3.8) is 0 Å². The molecule has 1 saturated carbocycles. The van der Waals surface area contributed by atoms with Gasteiger partial charge in [0.25, 0.3) is 0 Å². The first-order valence-corrected chi connectivity index (χ1v) is 4.19. The first-order valence-electron chi connectivity index (χ1n) is 4.19. The molecular weight excluding hydrogens is 142 g/mol. The number of hydrogen-bond donors (Lipinski definition) is 2. The number of rotatable bonds is 4. The minimum Gasteiger partial charge on any atom is -0.394 e. The van der Waals surface area contributed by atoms with Crippen LogP contribution >= 0.6 is 0 Å². The molecule has 1 fully saturated rings. The molecule has 0 bridgehead atoms. The van der Waals surface area contributed by atoms with Crippen LogP contribution in [0.3, 0.4) is 0 Å². The van der Waals surface area contributed by atoms with Gasteiger partial charge in [-0.3, -0.25) is 4.79 Å². The molecule has 1 aliphatic rings. The molecule has 0 saturated heterocycles. The third kappa shape index (κ3) is 2.50. The SMILES string of the molecule is CC[C@@H](CO)NC(=O)C1CC1. The minimum atomic E-state index is -0.0388. The first kappa shape index (κ1) is 8.53. The summed E-state index contributed by atoms with van der Waals surface area (Å²) in [6.07, 6.45) is 2.84. The van der Waals surface area contributed by atoms with E-state index in [4.69, 9.17) is 5.11 Å². The van der Waals surface area contributed by atoms with Crippen molar-refractivity contribution >= 4 is 5.91 Å². The zero-order chi connectivity index (χ0) is 8.27. The van der Waals surface area contributed by atoms with Crippen LogP contribution in [0.15, 0.2) is 0 Å². The molecule has 0 aromatic rings. The van der Waals surface area contributed by atoms with Crippen molar-refractivity contribution in [3.8, 4) is 0 Å². The highest BCUT2D eigenvalue weighted by molar-refractivity contribution is 5.81. The molecule has 3 heteroatoms. The number of hydrogen-bond acceptors (Lipinski definition) is 2. The van der Waals surface area contributed by atoms with Crippen molar-refractivity contribution in [1.29, 1.82) is 0 Å². The standard InChI is InChI=1S/C8H15NO2/c1-2-7(5-10)9-8(11)6-3-4-6/h6-7,10H,2-5H2,1H3,(H,9,11)/t7-/m0/s1. The number of carbonyl (C=O) groups excluding carboxylic acids is 1. The molecule has 0 spiro atoms. The molecule has 0 heterocycles. The Morgan fingerprint density at radius 3 is 2.73 bits per heavy atom. The highest BCUT2D eigenvalue weighted by atomic mass is 16.3. The van der Waals surface area contributed by atoms with Crippen LogP contribution in [0.1, 0.15) is 26.2 Å². The lowest BCUT2D eigenvalue weighted by atomic mass is 10.2. The Balaban J connectivity index is 2.20. The zero-order valence-electron chi connectivity index (χ0n) is 6.84. The van der Waals surface area contributed by atoms with E-state index in [1.807, 2.05) is 6.92 Å². The van der Waals surface area contributed by atoms with E-state index in [2.05, 4.69) is 5.32 Å². The van der Waals surface area contributed by atoms with Gasteiger partial charge in [0.05, 0.1) is 12.6 Å². The Bertz CT molecular complexity index is 139. The van der Waals surface area contributed by atoms with E-state index in [0.717, 1.165) is 19.3 Å². The van der Waals surface area contributed by atoms with Gasteiger partial charge in [-0.2, -0.15) is 0 Å². The Kier molecular flexibility index (Phi) is 2.88. The fraction of sp³-hybridized carbons (Fsp3) is 0.875. The predicted octanol–water partition coefficient (Wildman–Crippen LogP) is 0.283. The van der Waals surface area contributed by atoms with E-state index in [9.17, 15) is 4.79 Å². The highest BCUT2D eigenvalue weighted by Gasteiger charge is 2.30. The molecule has 1 atom stereocenters. The van der Waals surface area contributed by atoms with E-state index in [0.29, 0.717) is 0 Å². The second-order valence-corrected chi connectivity index (χ2v) is 3.07. The molecule has 11 heavy (non-hydrogen) atoms. The number of amides is 1. The van der Waals surface area contributed by atoms with E-state index in [1.54, 1.807) is 0 Å². The molecule has 2 N–H and O–H groups in total. The van der Waals surface area contributed by atoms with Gasteiger partial charge in [-0.1, -0.05) is 6.92 Å². The predicted molar refractivity (Wildman–Crippen MR) is 42.0 cm³/mol. The summed E-state index contributed by atoms with van der Waals surface area (Å²) in [7, 11) is 0. The van der Waals surface area contributed by atoms with Gasteiger partial charge in [0.15, 0.2) is 0 Å². The normalized spacial score (nSPS) is 19.5. The zero-order valence-corrected chi connectivity index (χ0v) is 6.84. The highest BCUT2D eigenvalue weighted by Crippen LogP contribution is 2.28. The number of nitrogens with one attached hydrogen (secondary N) is 1. The third-order valence-corrected chi connectivity index (χ3v) is 2.01. The maximum Gasteiger partial charge on any atom is 0.223 e. The van der Waals surface area contributed by atoms with Gasteiger partial charge >= 0.3 is 0 Å². The van der Waals surface area contributed by atoms with Crippen LogP contribution in [-0.2, 0) is 4.79 Å². The van der Waals surface area contributed by atoms with Gasteiger partial charge in [-0.05, 0) is 19.3 Å². The summed E-state index contributed by atoms with van der Waals surface area (Å²) < 4.78 is 0. The van der Waals surface area contributed by atoms with Crippen LogP contribution in [0.4, 0.5) is 0 Å². The van der Waals surface area contributed by atoms with Gasteiger partial charge in [0.1, 0.15) is 0 Å². The molecule has 0 radical (unpaired) electrons. The second kappa shape index (κ2) is 3.72. The van der Waals surface area contributed by atoms with Gasteiger partial charge in [-0.25, -0.2) is 0 Å². The number of aliphatic hydroxyl groups is 1. The fourth-order valence-corrected chi connectivity index (χ4v) is 0.941. The average Bonchev–Trinajstić information content (AvgIpc) is 2.81. The fourth-order valence-electron chi connectivity index (χ4n) is 0.941. The molecule has 0 aromatic heterocycles. The number of carbonyl (C=O) groups is 1. The molecule has 64 valence electrons. The first-order chi connectivity index (χ1) is 5.27. The van der Waals surface area contributed by atoms with Crippen LogP contribution in [0.5, 0.6) is 0 Å². The largest absolute Gasteiger partial charge is 0.394 e. The van der Waals surface area contributed by atoms with Gasteiger partial charge in [0, 0.05) is 5.92 Å². The van der Waals surface area contributed by atoms with Gasteiger partial charge < -0.3 is 10.4 Å². The molecule has 0 aromatic carbocycles. The van der Waals surface area contributed by atoms with Gasteiger partial charge in [-0.15, -0.1) is 0 Å². The summed E-state index contributed by atoms with van der Waals surface area (Å²) in [4.78, 5) is 11.1. The molecule has 3 nitrogen and oxygen atoms in total. The lowest BCUT2D eigenvalue weighted by Gasteiger charge is -2.12. The average molecular weight is 157 g/mol. The molecular formula is C8H15NO2. The Hall–Kier alpha value is -0.570. The van der Waals surface area contributed by atoms with Gasteiger partial charge in [0.2, 0.25) is 5.91 Å². The monoisotopic (exact) mass is 157 g/mol. The molecule has 1 aliphatic carbocycles. The van der Waals surface area contributed by atoms with Crippen molar-refractivity contribution in [3.05, 3.63) is 0 Å². The Morgan fingerprint density at radius 2 is 2.36 bits per heavy atom. The molecule has 1 rings (SSSR count). The summed E-state index contributed by atoms with van der Waals surface area (Å²) in [5, 5.41) is 11.6. The Morgan fingerprint density at radius 1 is 1.73 bits per heavy atom. The van der Waals surface area contributed by atoms with Crippen LogP contribution in [0.25, 0.3) is 0 Å². The lowest BCUT2D eigenvalue weighted by molar-refractivity contribution is -0.123. The van der Waals surface area contributed by atoms with Crippen LogP contribution in [-0.4, -0.2) is 23.7 Å². The topological polar surface area (TPSA) is 49.3 Å². The van der Waals surface area contributed by atoms with Crippen molar-refractivity contribution in [2.24, 2.45) is 5.92 Å². The van der Waals surface area contributed by atoms with Crippen molar-refractivity contribution in [2.75, 3.05) is 6.61 Å². The maximum atomic E-state index is 11.1. The minimum absolute atomic E-state index is 0.0388. The summed E-state index contributed by atoms with van der Waals surface area (Å²) in [5.74, 6) is 0.363. The van der Waals surface area contributed by atoms with Crippen LogP contribution in [0.2, 0.25) is 0 Å². The third-order valence-electron chi connectivity index (χ3n) is 2.01. The molecule has 0 aliphatic heterocycles. The summed E-state index contributed by atoms with van der Waals surface area (Å²) >= 11 is 0. The van der Waals surface area contributed by atoms with Crippen LogP contribution < -0.4 is 5.32 Å². The van der Waals surface area contributed by atoms with Crippen LogP contribution in [0, 0.1) is 5.92 Å². The van der Waals surface area contributed by atoms with E-state index >= 15 is 0 Å². The van der Waals surface area contributed by atoms with E-state index in [-0.39, 0.29) is 24.5 Å². The summed E-state index contributed by atoms with van der Waals surface area (Å²) in [6.45, 7) is 2.00. The van der Waals surface area contributed by atoms with Crippen molar-refractivity contribution < 1.29 is 9.90 Å². The Labute approximate surface area is 66.8 Å². The summed E-state index contributed by atoms with van der Waals surface area (Å²) in [5.41, 5.74) is 0. The maximum absolute atomic E-state index is 11.1. The molecule has 1 amide bonds. The lowest BCUT2D eigenvalue weighted by Crippen LogP contribution is -2.37. The molecule has 0 unspecified atom stereocenters. The quantitative estimate of drug-likeness (QED) is 0.616. The van der Waals surface area contributed by atoms with Crippen molar-refractivity contribution in [1.82, 2.24) is 5.32 Å². The summed E-state index contributed by atoms with van der Waals surface area (Å²) in [6, 6.07) is -0.0388. The number of aliphatic hydroxyl groups excluding tert-OH is 1. The van der Waals surface area contributed by atoms with E-state index < -0.39 is 0 Å².